The molecule has 0 amide bonds. The summed E-state index contributed by atoms with van der Waals surface area (Å²) in [6, 6.07) is 12.3. The van der Waals surface area contributed by atoms with E-state index < -0.39 is 0 Å². The molecule has 4 aromatic rings. The number of fused-ring (bicyclic) bond motifs is 1. The highest BCUT2D eigenvalue weighted by atomic mass is 16.5. The fourth-order valence-electron chi connectivity index (χ4n) is 4.01. The SMILES string of the molecule is COc1cccc(CN2CCN(c3nccn4c(-c5ccncc5)cnc34)CC2)c1. The third-order valence-corrected chi connectivity index (χ3v) is 5.60. The van der Waals surface area contributed by atoms with Gasteiger partial charge in [-0.05, 0) is 29.8 Å². The number of nitrogens with zero attached hydrogens (tertiary/aromatic N) is 6. The van der Waals surface area contributed by atoms with Crippen LogP contribution in [-0.2, 0) is 6.54 Å². The molecule has 1 aromatic carbocycles. The minimum Gasteiger partial charge on any atom is -0.497 e. The summed E-state index contributed by atoms with van der Waals surface area (Å²) in [4.78, 5) is 18.3. The van der Waals surface area contributed by atoms with Crippen LogP contribution in [0.2, 0.25) is 0 Å². The molecule has 0 spiro atoms. The van der Waals surface area contributed by atoms with E-state index in [1.807, 2.05) is 42.9 Å². The molecule has 0 N–H and O–H groups in total. The molecule has 7 nitrogen and oxygen atoms in total. The average molecular weight is 400 g/mol. The van der Waals surface area contributed by atoms with Crippen LogP contribution in [0.4, 0.5) is 5.82 Å². The number of rotatable bonds is 5. The molecule has 0 unspecified atom stereocenters. The molecule has 0 aliphatic carbocycles. The highest BCUT2D eigenvalue weighted by Gasteiger charge is 2.21. The fraction of sp³-hybridized carbons (Fsp3) is 0.261. The van der Waals surface area contributed by atoms with Crippen molar-refractivity contribution in [2.24, 2.45) is 0 Å². The van der Waals surface area contributed by atoms with Crippen molar-refractivity contribution in [2.45, 2.75) is 6.54 Å². The van der Waals surface area contributed by atoms with Gasteiger partial charge in [-0.1, -0.05) is 12.1 Å². The number of benzene rings is 1. The number of anilines is 1. The first kappa shape index (κ1) is 18.6. The van der Waals surface area contributed by atoms with E-state index in [-0.39, 0.29) is 0 Å². The monoisotopic (exact) mass is 400 g/mol. The summed E-state index contributed by atoms with van der Waals surface area (Å²) >= 11 is 0. The van der Waals surface area contributed by atoms with E-state index in [1.54, 1.807) is 19.5 Å². The van der Waals surface area contributed by atoms with Crippen LogP contribution in [0.15, 0.2) is 67.4 Å². The Morgan fingerprint density at radius 1 is 0.967 bits per heavy atom. The Kier molecular flexibility index (Phi) is 5.03. The zero-order valence-electron chi connectivity index (χ0n) is 17.0. The summed E-state index contributed by atoms with van der Waals surface area (Å²) in [5.74, 6) is 1.85. The minimum absolute atomic E-state index is 0.894. The molecule has 30 heavy (non-hydrogen) atoms. The normalized spacial score (nSPS) is 14.9. The molecule has 3 aromatic heterocycles. The largest absolute Gasteiger partial charge is 0.497 e. The van der Waals surface area contributed by atoms with E-state index in [9.17, 15) is 0 Å². The first-order valence-electron chi connectivity index (χ1n) is 10.1. The molecule has 0 bridgehead atoms. The standard InChI is InChI=1S/C23H24N6O/c1-30-20-4-2-3-18(15-20)17-27-11-13-28(14-12-27)22-23-26-16-21(29(23)10-9-25-22)19-5-7-24-8-6-19/h2-10,15-16H,11-14,17H2,1H3. The van der Waals surface area contributed by atoms with Crippen LogP contribution < -0.4 is 9.64 Å². The van der Waals surface area contributed by atoms with Crippen LogP contribution >= 0.6 is 0 Å². The van der Waals surface area contributed by atoms with Crippen LogP contribution in [0.1, 0.15) is 5.56 Å². The third kappa shape index (κ3) is 3.59. The number of piperazine rings is 1. The second-order valence-corrected chi connectivity index (χ2v) is 7.44. The van der Waals surface area contributed by atoms with E-state index >= 15 is 0 Å². The Hall–Kier alpha value is -3.45. The van der Waals surface area contributed by atoms with Gasteiger partial charge in [-0.15, -0.1) is 0 Å². The number of hydrogen-bond donors (Lipinski definition) is 0. The Balaban J connectivity index is 1.32. The molecule has 0 saturated carbocycles. The maximum atomic E-state index is 5.35. The topological polar surface area (TPSA) is 58.8 Å². The van der Waals surface area contributed by atoms with Crippen molar-refractivity contribution < 1.29 is 4.74 Å². The molecule has 1 fully saturated rings. The maximum Gasteiger partial charge on any atom is 0.180 e. The lowest BCUT2D eigenvalue weighted by molar-refractivity contribution is 0.249. The summed E-state index contributed by atoms with van der Waals surface area (Å²) in [5, 5.41) is 0. The number of aromatic nitrogens is 4. The molecule has 0 atom stereocenters. The molecule has 1 aliphatic heterocycles. The predicted molar refractivity (Wildman–Crippen MR) is 117 cm³/mol. The van der Waals surface area contributed by atoms with Gasteiger partial charge >= 0.3 is 0 Å². The van der Waals surface area contributed by atoms with Crippen molar-refractivity contribution in [1.82, 2.24) is 24.3 Å². The van der Waals surface area contributed by atoms with Gasteiger partial charge in [0.25, 0.3) is 0 Å². The van der Waals surface area contributed by atoms with E-state index in [2.05, 4.69) is 41.3 Å². The molecule has 7 heteroatoms. The third-order valence-electron chi connectivity index (χ3n) is 5.60. The number of imidazole rings is 1. The number of pyridine rings is 1. The van der Waals surface area contributed by atoms with Gasteiger partial charge in [-0.2, -0.15) is 0 Å². The van der Waals surface area contributed by atoms with Crippen molar-refractivity contribution >= 4 is 11.5 Å². The lowest BCUT2D eigenvalue weighted by atomic mass is 10.2. The number of methoxy groups -OCH3 is 1. The Morgan fingerprint density at radius 2 is 1.80 bits per heavy atom. The van der Waals surface area contributed by atoms with Gasteiger partial charge in [-0.25, -0.2) is 9.97 Å². The number of hydrogen-bond acceptors (Lipinski definition) is 6. The Labute approximate surface area is 175 Å². The van der Waals surface area contributed by atoms with Crippen LogP contribution in [-0.4, -0.2) is 57.5 Å². The fourth-order valence-corrected chi connectivity index (χ4v) is 4.01. The molecular weight excluding hydrogens is 376 g/mol. The summed E-state index contributed by atoms with van der Waals surface area (Å²) in [5.41, 5.74) is 4.31. The molecule has 0 radical (unpaired) electrons. The van der Waals surface area contributed by atoms with Crippen molar-refractivity contribution in [3.63, 3.8) is 0 Å². The van der Waals surface area contributed by atoms with Crippen molar-refractivity contribution in [1.29, 1.82) is 0 Å². The minimum atomic E-state index is 0.894. The highest BCUT2D eigenvalue weighted by molar-refractivity contribution is 5.71. The van der Waals surface area contributed by atoms with E-state index in [0.29, 0.717) is 0 Å². The Bertz CT molecular complexity index is 1130. The zero-order chi connectivity index (χ0) is 20.3. The summed E-state index contributed by atoms with van der Waals surface area (Å²) in [7, 11) is 1.71. The highest BCUT2D eigenvalue weighted by Crippen LogP contribution is 2.25. The van der Waals surface area contributed by atoms with Crippen LogP contribution in [0.25, 0.3) is 16.9 Å². The van der Waals surface area contributed by atoms with Crippen molar-refractivity contribution in [3.8, 4) is 17.0 Å². The van der Waals surface area contributed by atoms with E-state index in [4.69, 9.17) is 4.74 Å². The Morgan fingerprint density at radius 3 is 2.60 bits per heavy atom. The maximum absolute atomic E-state index is 5.35. The van der Waals surface area contributed by atoms with Gasteiger partial charge in [0, 0.05) is 63.1 Å². The summed E-state index contributed by atoms with van der Waals surface area (Å²) in [6.07, 6.45) is 9.35. The van der Waals surface area contributed by atoms with E-state index in [1.165, 1.54) is 5.56 Å². The van der Waals surface area contributed by atoms with Gasteiger partial charge in [-0.3, -0.25) is 14.3 Å². The van der Waals surface area contributed by atoms with Crippen molar-refractivity contribution in [2.75, 3.05) is 38.2 Å². The van der Waals surface area contributed by atoms with Gasteiger partial charge in [0.15, 0.2) is 11.5 Å². The molecular formula is C23H24N6O. The summed E-state index contributed by atoms with van der Waals surface area (Å²) in [6.45, 7) is 4.75. The second-order valence-electron chi connectivity index (χ2n) is 7.44. The van der Waals surface area contributed by atoms with Gasteiger partial charge < -0.3 is 9.64 Å². The van der Waals surface area contributed by atoms with Crippen LogP contribution in [0.3, 0.4) is 0 Å². The van der Waals surface area contributed by atoms with E-state index in [0.717, 1.165) is 61.2 Å². The first-order chi connectivity index (χ1) is 14.8. The quantitative estimate of drug-likeness (QED) is 0.513. The van der Waals surface area contributed by atoms with Crippen molar-refractivity contribution in [3.05, 3.63) is 72.9 Å². The predicted octanol–water partition coefficient (Wildman–Crippen LogP) is 3.12. The lowest BCUT2D eigenvalue weighted by Crippen LogP contribution is -2.46. The molecule has 152 valence electrons. The molecule has 1 saturated heterocycles. The van der Waals surface area contributed by atoms with Crippen LogP contribution in [0.5, 0.6) is 5.75 Å². The molecule has 4 heterocycles. The van der Waals surface area contributed by atoms with Crippen LogP contribution in [0, 0.1) is 0 Å². The number of ether oxygens (including phenoxy) is 1. The smallest absolute Gasteiger partial charge is 0.180 e. The summed E-state index contributed by atoms with van der Waals surface area (Å²) < 4.78 is 7.46. The molecule has 1 aliphatic rings. The average Bonchev–Trinajstić information content (AvgIpc) is 3.25. The first-order valence-corrected chi connectivity index (χ1v) is 10.1. The zero-order valence-corrected chi connectivity index (χ0v) is 17.0. The molecule has 5 rings (SSSR count). The van der Waals surface area contributed by atoms with Gasteiger partial charge in [0.05, 0.1) is 19.0 Å². The van der Waals surface area contributed by atoms with Gasteiger partial charge in [0.2, 0.25) is 0 Å². The lowest BCUT2D eigenvalue weighted by Gasteiger charge is -2.35. The second kappa shape index (κ2) is 8.12. The van der Waals surface area contributed by atoms with Gasteiger partial charge in [0.1, 0.15) is 5.75 Å².